The Morgan fingerprint density at radius 3 is 1.90 bits per heavy atom. The molecule has 0 unspecified atom stereocenters. The molecular weight excluding hydrogens is 405 g/mol. The molecule has 0 fully saturated rings. The highest BCUT2D eigenvalue weighted by atomic mass is 32.2. The number of amides is 1. The zero-order valence-corrected chi connectivity index (χ0v) is 16.8. The fourth-order valence-electron chi connectivity index (χ4n) is 2.66. The van der Waals surface area contributed by atoms with Crippen molar-refractivity contribution in [2.24, 2.45) is 5.10 Å². The van der Waals surface area contributed by atoms with E-state index in [0.717, 1.165) is 35.4 Å². The van der Waals surface area contributed by atoms with Crippen molar-refractivity contribution in [2.75, 3.05) is 6.54 Å². The van der Waals surface area contributed by atoms with Gasteiger partial charge in [-0.25, -0.2) is 23.0 Å². The molecule has 6 nitrogen and oxygen atoms in total. The first-order valence-corrected chi connectivity index (χ1v) is 10.7. The molecule has 8 heteroatoms. The van der Waals surface area contributed by atoms with Gasteiger partial charge in [0, 0.05) is 24.1 Å². The van der Waals surface area contributed by atoms with E-state index in [-0.39, 0.29) is 17.9 Å². The van der Waals surface area contributed by atoms with Crippen molar-refractivity contribution < 1.29 is 17.6 Å². The molecule has 154 valence electrons. The summed E-state index contributed by atoms with van der Waals surface area (Å²) in [5, 5.41) is 4.25. The third kappa shape index (κ3) is 5.82. The lowest BCUT2D eigenvalue weighted by Crippen LogP contribution is -2.29. The van der Waals surface area contributed by atoms with Crippen LogP contribution in [0.4, 0.5) is 4.39 Å². The molecule has 0 aliphatic carbocycles. The van der Waals surface area contributed by atoms with Crippen LogP contribution in [-0.2, 0) is 14.8 Å². The number of carbonyl (C=O) groups is 1. The Kier molecular flexibility index (Phi) is 7.05. The van der Waals surface area contributed by atoms with Gasteiger partial charge in [-0.2, -0.15) is 5.10 Å². The SMILES string of the molecule is O=C(CCNS(=O)(=O)c1ccc(F)cc1)NN=C(c1ccccc1)c1ccccc1. The second kappa shape index (κ2) is 9.91. The van der Waals surface area contributed by atoms with Crippen molar-refractivity contribution in [3.05, 3.63) is 102 Å². The third-order valence-corrected chi connectivity index (χ3v) is 5.63. The topological polar surface area (TPSA) is 87.6 Å². The minimum Gasteiger partial charge on any atom is -0.273 e. The summed E-state index contributed by atoms with van der Waals surface area (Å²) in [7, 11) is -3.82. The molecule has 0 aliphatic heterocycles. The summed E-state index contributed by atoms with van der Waals surface area (Å²) in [4.78, 5) is 12.1. The quantitative estimate of drug-likeness (QED) is 0.430. The van der Waals surface area contributed by atoms with E-state index in [4.69, 9.17) is 0 Å². The Morgan fingerprint density at radius 2 is 1.37 bits per heavy atom. The molecule has 0 spiro atoms. The number of nitrogens with one attached hydrogen (secondary N) is 2. The van der Waals surface area contributed by atoms with E-state index in [2.05, 4.69) is 15.2 Å². The zero-order chi connectivity index (χ0) is 21.4. The number of rotatable bonds is 8. The van der Waals surface area contributed by atoms with Crippen molar-refractivity contribution in [3.63, 3.8) is 0 Å². The van der Waals surface area contributed by atoms with Crippen LogP contribution in [0.15, 0.2) is 94.9 Å². The smallest absolute Gasteiger partial charge is 0.241 e. The van der Waals surface area contributed by atoms with E-state index < -0.39 is 21.7 Å². The molecule has 0 saturated heterocycles. The number of hydrogen-bond donors (Lipinski definition) is 2. The summed E-state index contributed by atoms with van der Waals surface area (Å²) < 4.78 is 39.6. The number of sulfonamides is 1. The van der Waals surface area contributed by atoms with Crippen LogP contribution in [0.25, 0.3) is 0 Å². The lowest BCUT2D eigenvalue weighted by Gasteiger charge is -2.09. The van der Waals surface area contributed by atoms with Crippen LogP contribution in [0.1, 0.15) is 17.5 Å². The molecule has 0 atom stereocenters. The summed E-state index contributed by atoms with van der Waals surface area (Å²) in [6.45, 7) is -0.118. The highest BCUT2D eigenvalue weighted by Gasteiger charge is 2.14. The first-order valence-electron chi connectivity index (χ1n) is 9.18. The Morgan fingerprint density at radius 1 is 0.833 bits per heavy atom. The summed E-state index contributed by atoms with van der Waals surface area (Å²) in [6, 6.07) is 23.2. The van der Waals surface area contributed by atoms with Gasteiger partial charge in [0.25, 0.3) is 0 Å². The number of hydrogen-bond acceptors (Lipinski definition) is 4. The van der Waals surface area contributed by atoms with Crippen LogP contribution in [-0.4, -0.2) is 26.6 Å². The Bertz CT molecular complexity index is 1080. The maximum absolute atomic E-state index is 12.9. The maximum atomic E-state index is 12.9. The number of nitrogens with zero attached hydrogens (tertiary/aromatic N) is 1. The summed E-state index contributed by atoms with van der Waals surface area (Å²) in [6.07, 6.45) is -0.110. The second-order valence-electron chi connectivity index (χ2n) is 6.33. The van der Waals surface area contributed by atoms with Crippen molar-refractivity contribution in [1.29, 1.82) is 0 Å². The molecule has 1 amide bonds. The standard InChI is InChI=1S/C22H20FN3O3S/c23-19-11-13-20(14-12-19)30(28,29)24-16-15-21(27)25-26-22(17-7-3-1-4-8-17)18-9-5-2-6-10-18/h1-14,24H,15-16H2,(H,25,27). The van der Waals surface area contributed by atoms with Gasteiger partial charge in [0.15, 0.2) is 0 Å². The van der Waals surface area contributed by atoms with Crippen LogP contribution in [0.2, 0.25) is 0 Å². The summed E-state index contributed by atoms with van der Waals surface area (Å²) in [5.41, 5.74) is 4.74. The van der Waals surface area contributed by atoms with Crippen molar-refractivity contribution >= 4 is 21.6 Å². The molecule has 0 aromatic heterocycles. The van der Waals surface area contributed by atoms with Crippen LogP contribution >= 0.6 is 0 Å². The molecule has 0 radical (unpaired) electrons. The van der Waals surface area contributed by atoms with E-state index >= 15 is 0 Å². The number of benzene rings is 3. The normalized spacial score (nSPS) is 11.0. The number of halogens is 1. The van der Waals surface area contributed by atoms with E-state index in [1.54, 1.807) is 0 Å². The lowest BCUT2D eigenvalue weighted by molar-refractivity contribution is -0.120. The van der Waals surface area contributed by atoms with Gasteiger partial charge in [-0.3, -0.25) is 4.79 Å². The van der Waals surface area contributed by atoms with Crippen molar-refractivity contribution in [2.45, 2.75) is 11.3 Å². The van der Waals surface area contributed by atoms with Gasteiger partial charge in [0.05, 0.1) is 10.6 Å². The first kappa shape index (κ1) is 21.4. The van der Waals surface area contributed by atoms with Crippen molar-refractivity contribution in [1.82, 2.24) is 10.1 Å². The predicted molar refractivity (Wildman–Crippen MR) is 113 cm³/mol. The van der Waals surface area contributed by atoms with Gasteiger partial charge in [-0.1, -0.05) is 60.7 Å². The van der Waals surface area contributed by atoms with Gasteiger partial charge >= 0.3 is 0 Å². The Hall–Kier alpha value is -3.36. The number of carbonyl (C=O) groups excluding carboxylic acids is 1. The average Bonchev–Trinajstić information content (AvgIpc) is 2.75. The van der Waals surface area contributed by atoms with Crippen LogP contribution in [0.3, 0.4) is 0 Å². The van der Waals surface area contributed by atoms with E-state index in [1.807, 2.05) is 60.7 Å². The van der Waals surface area contributed by atoms with E-state index in [0.29, 0.717) is 5.71 Å². The molecule has 30 heavy (non-hydrogen) atoms. The second-order valence-corrected chi connectivity index (χ2v) is 8.10. The molecule has 0 bridgehead atoms. The Labute approximate surface area is 174 Å². The molecule has 3 aromatic rings. The van der Waals surface area contributed by atoms with Crippen LogP contribution in [0.5, 0.6) is 0 Å². The molecule has 3 rings (SSSR count). The lowest BCUT2D eigenvalue weighted by atomic mass is 10.0. The largest absolute Gasteiger partial charge is 0.273 e. The fraction of sp³-hybridized carbons (Fsp3) is 0.0909. The van der Waals surface area contributed by atoms with E-state index in [9.17, 15) is 17.6 Å². The van der Waals surface area contributed by atoms with Crippen LogP contribution in [0, 0.1) is 5.82 Å². The van der Waals surface area contributed by atoms with Gasteiger partial charge in [0.1, 0.15) is 5.82 Å². The minimum absolute atomic E-state index is 0.0715. The summed E-state index contributed by atoms with van der Waals surface area (Å²) in [5.74, 6) is -0.972. The average molecular weight is 425 g/mol. The van der Waals surface area contributed by atoms with E-state index in [1.165, 1.54) is 0 Å². The molecule has 0 saturated carbocycles. The van der Waals surface area contributed by atoms with Gasteiger partial charge < -0.3 is 0 Å². The highest BCUT2D eigenvalue weighted by Crippen LogP contribution is 2.11. The molecule has 0 aliphatic rings. The monoisotopic (exact) mass is 425 g/mol. The van der Waals surface area contributed by atoms with Crippen molar-refractivity contribution in [3.8, 4) is 0 Å². The summed E-state index contributed by atoms with van der Waals surface area (Å²) >= 11 is 0. The first-order chi connectivity index (χ1) is 14.5. The molecule has 0 heterocycles. The van der Waals surface area contributed by atoms with Crippen LogP contribution < -0.4 is 10.1 Å². The Balaban J connectivity index is 1.63. The molecule has 3 aromatic carbocycles. The maximum Gasteiger partial charge on any atom is 0.241 e. The van der Waals surface area contributed by atoms with Gasteiger partial charge in [-0.15, -0.1) is 0 Å². The number of hydrazone groups is 1. The zero-order valence-electron chi connectivity index (χ0n) is 16.0. The minimum atomic E-state index is -3.82. The molecular formula is C22H20FN3O3S. The van der Waals surface area contributed by atoms with Gasteiger partial charge in [-0.05, 0) is 24.3 Å². The third-order valence-electron chi connectivity index (χ3n) is 4.15. The fourth-order valence-corrected chi connectivity index (χ4v) is 3.69. The van der Waals surface area contributed by atoms with Gasteiger partial charge in [0.2, 0.25) is 15.9 Å². The predicted octanol–water partition coefficient (Wildman–Crippen LogP) is 3.06. The molecule has 2 N–H and O–H groups in total. The highest BCUT2D eigenvalue weighted by molar-refractivity contribution is 7.89.